The summed E-state index contributed by atoms with van der Waals surface area (Å²) in [5.74, 6) is 0.0388. The van der Waals surface area contributed by atoms with Crippen LogP contribution in [0.25, 0.3) is 0 Å². The molecule has 2 amide bonds. The summed E-state index contributed by atoms with van der Waals surface area (Å²) in [5, 5.41) is 6.47. The van der Waals surface area contributed by atoms with Gasteiger partial charge in [-0.05, 0) is 61.6 Å². The van der Waals surface area contributed by atoms with Crippen molar-refractivity contribution in [1.29, 1.82) is 0 Å². The second-order valence-corrected chi connectivity index (χ2v) is 13.7. The van der Waals surface area contributed by atoms with Crippen molar-refractivity contribution in [3.05, 3.63) is 51.4 Å². The number of hydrogen-bond acceptors (Lipinski definition) is 5. The number of nitrogens with one attached hydrogen (secondary N) is 2. The van der Waals surface area contributed by atoms with Crippen molar-refractivity contribution in [2.45, 2.75) is 59.4 Å². The number of anilines is 1. The van der Waals surface area contributed by atoms with Gasteiger partial charge in [0.15, 0.2) is 9.84 Å². The molecule has 4 rings (SSSR count). The normalized spacial score (nSPS) is 21.9. The first kappa shape index (κ1) is 24.0. The van der Waals surface area contributed by atoms with Crippen molar-refractivity contribution in [1.82, 2.24) is 5.32 Å². The lowest BCUT2D eigenvalue weighted by Gasteiger charge is -2.33. The minimum atomic E-state index is -3.10. The summed E-state index contributed by atoms with van der Waals surface area (Å²) < 4.78 is 23.7. The summed E-state index contributed by atoms with van der Waals surface area (Å²) in [7, 11) is -3.10. The molecule has 33 heavy (non-hydrogen) atoms. The van der Waals surface area contributed by atoms with Crippen LogP contribution in [0.4, 0.5) is 5.00 Å². The quantitative estimate of drug-likeness (QED) is 0.668. The molecule has 178 valence electrons. The van der Waals surface area contributed by atoms with E-state index in [0.717, 1.165) is 35.3 Å². The molecule has 1 aliphatic heterocycles. The summed E-state index contributed by atoms with van der Waals surface area (Å²) in [6.45, 7) is 8.66. The van der Waals surface area contributed by atoms with Gasteiger partial charge in [-0.3, -0.25) is 9.59 Å². The molecule has 0 radical (unpaired) electrons. The molecule has 2 N–H and O–H groups in total. The SMILES string of the molecule is Cc1cccc(C(=O)Nc2sc3c(c2C(=O)NC2CCS(=O)(=O)C2)CCC(C(C)(C)C)C3)c1. The Balaban J connectivity index is 1.65. The van der Waals surface area contributed by atoms with Crippen molar-refractivity contribution in [2.24, 2.45) is 11.3 Å². The monoisotopic (exact) mass is 488 g/mol. The van der Waals surface area contributed by atoms with Crippen LogP contribution in [0.1, 0.15) is 70.3 Å². The highest BCUT2D eigenvalue weighted by Crippen LogP contribution is 2.44. The molecule has 1 aromatic carbocycles. The highest BCUT2D eigenvalue weighted by Gasteiger charge is 2.36. The summed E-state index contributed by atoms with van der Waals surface area (Å²) in [4.78, 5) is 27.5. The number of carbonyl (C=O) groups is 2. The van der Waals surface area contributed by atoms with E-state index in [0.29, 0.717) is 28.5 Å². The van der Waals surface area contributed by atoms with Crippen molar-refractivity contribution in [3.8, 4) is 0 Å². The van der Waals surface area contributed by atoms with Crippen LogP contribution in [-0.2, 0) is 22.7 Å². The Morgan fingerprint density at radius 1 is 1.12 bits per heavy atom. The lowest BCUT2D eigenvalue weighted by atomic mass is 9.72. The summed E-state index contributed by atoms with van der Waals surface area (Å²) >= 11 is 1.48. The van der Waals surface area contributed by atoms with Gasteiger partial charge in [0.1, 0.15) is 5.00 Å². The van der Waals surface area contributed by atoms with Gasteiger partial charge < -0.3 is 10.6 Å². The van der Waals surface area contributed by atoms with Gasteiger partial charge in [0.2, 0.25) is 0 Å². The number of fused-ring (bicyclic) bond motifs is 1. The maximum Gasteiger partial charge on any atom is 0.256 e. The number of aryl methyl sites for hydroxylation is 1. The second-order valence-electron chi connectivity index (χ2n) is 10.4. The van der Waals surface area contributed by atoms with E-state index >= 15 is 0 Å². The number of benzene rings is 1. The molecule has 2 heterocycles. The number of sulfone groups is 1. The van der Waals surface area contributed by atoms with Crippen molar-refractivity contribution < 1.29 is 18.0 Å². The molecule has 6 nitrogen and oxygen atoms in total. The molecule has 1 saturated heterocycles. The highest BCUT2D eigenvalue weighted by molar-refractivity contribution is 7.91. The molecule has 0 spiro atoms. The summed E-state index contributed by atoms with van der Waals surface area (Å²) in [6.07, 6.45) is 3.07. The van der Waals surface area contributed by atoms with Crippen LogP contribution in [0.2, 0.25) is 0 Å². The third-order valence-corrected chi connectivity index (χ3v) is 9.73. The fourth-order valence-electron chi connectivity index (χ4n) is 4.78. The summed E-state index contributed by atoms with van der Waals surface area (Å²) in [5.41, 5.74) is 3.20. The van der Waals surface area contributed by atoms with Crippen molar-refractivity contribution in [2.75, 3.05) is 16.8 Å². The van der Waals surface area contributed by atoms with Gasteiger partial charge >= 0.3 is 0 Å². The van der Waals surface area contributed by atoms with Crippen molar-refractivity contribution in [3.63, 3.8) is 0 Å². The first-order chi connectivity index (χ1) is 15.4. The molecular formula is C25H32N2O4S2. The molecule has 8 heteroatoms. The molecule has 0 bridgehead atoms. The van der Waals surface area contributed by atoms with Gasteiger partial charge in [0.05, 0.1) is 17.1 Å². The molecule has 2 aromatic rings. The van der Waals surface area contributed by atoms with Gasteiger partial charge in [-0.25, -0.2) is 8.42 Å². The minimum absolute atomic E-state index is 0.0256. The Hall–Kier alpha value is -2.19. The highest BCUT2D eigenvalue weighted by atomic mass is 32.2. The molecule has 1 aromatic heterocycles. The predicted octanol–water partition coefficient (Wildman–Crippen LogP) is 4.38. The lowest BCUT2D eigenvalue weighted by molar-refractivity contribution is 0.0941. The third-order valence-electron chi connectivity index (χ3n) is 6.79. The zero-order chi connectivity index (χ0) is 24.0. The van der Waals surface area contributed by atoms with E-state index in [1.165, 1.54) is 11.3 Å². The molecule has 2 aliphatic rings. The fraction of sp³-hybridized carbons (Fsp3) is 0.520. The number of amides is 2. The lowest BCUT2D eigenvalue weighted by Crippen LogP contribution is -2.36. The zero-order valence-corrected chi connectivity index (χ0v) is 21.3. The van der Waals surface area contributed by atoms with Crippen LogP contribution in [-0.4, -0.2) is 37.8 Å². The maximum absolute atomic E-state index is 13.4. The van der Waals surface area contributed by atoms with Crippen LogP contribution in [0, 0.1) is 18.3 Å². The van der Waals surface area contributed by atoms with E-state index in [4.69, 9.17) is 0 Å². The van der Waals surface area contributed by atoms with Gasteiger partial charge in [0, 0.05) is 16.5 Å². The molecule has 2 atom stereocenters. The van der Waals surface area contributed by atoms with Crippen molar-refractivity contribution >= 4 is 38.0 Å². The molecule has 1 aliphatic carbocycles. The molecule has 1 fully saturated rings. The van der Waals surface area contributed by atoms with Crippen LogP contribution in [0.5, 0.6) is 0 Å². The van der Waals surface area contributed by atoms with E-state index in [1.807, 2.05) is 25.1 Å². The Kier molecular flexibility index (Phi) is 6.44. The largest absolute Gasteiger partial charge is 0.348 e. The minimum Gasteiger partial charge on any atom is -0.348 e. The van der Waals surface area contributed by atoms with Gasteiger partial charge in [-0.15, -0.1) is 11.3 Å². The Labute approximate surface area is 200 Å². The number of hydrogen-bond donors (Lipinski definition) is 2. The topological polar surface area (TPSA) is 92.3 Å². The zero-order valence-electron chi connectivity index (χ0n) is 19.7. The smallest absolute Gasteiger partial charge is 0.256 e. The number of thiophene rings is 1. The van der Waals surface area contributed by atoms with E-state index in [2.05, 4.69) is 31.4 Å². The maximum atomic E-state index is 13.4. The first-order valence-electron chi connectivity index (χ1n) is 11.5. The first-order valence-corrected chi connectivity index (χ1v) is 14.1. The van der Waals surface area contributed by atoms with Crippen LogP contribution >= 0.6 is 11.3 Å². The second kappa shape index (κ2) is 8.87. The fourth-order valence-corrected chi connectivity index (χ4v) is 7.77. The predicted molar refractivity (Wildman–Crippen MR) is 133 cm³/mol. The average Bonchev–Trinajstić information content (AvgIpc) is 3.25. The number of rotatable bonds is 4. The molecular weight excluding hydrogens is 456 g/mol. The Morgan fingerprint density at radius 3 is 2.52 bits per heavy atom. The van der Waals surface area contributed by atoms with Crippen LogP contribution in [0.3, 0.4) is 0 Å². The Morgan fingerprint density at radius 2 is 1.88 bits per heavy atom. The van der Waals surface area contributed by atoms with Gasteiger partial charge in [-0.1, -0.05) is 38.5 Å². The third kappa shape index (κ3) is 5.32. The number of carbonyl (C=O) groups excluding carboxylic acids is 2. The van der Waals surface area contributed by atoms with Gasteiger partial charge in [0.25, 0.3) is 11.8 Å². The summed E-state index contributed by atoms with van der Waals surface area (Å²) in [6, 6.07) is 6.97. The Bertz CT molecular complexity index is 1190. The molecule has 0 saturated carbocycles. The average molecular weight is 489 g/mol. The van der Waals surface area contributed by atoms with E-state index in [1.54, 1.807) is 6.07 Å². The van der Waals surface area contributed by atoms with Crippen LogP contribution in [0.15, 0.2) is 24.3 Å². The molecule has 2 unspecified atom stereocenters. The standard InChI is InChI=1S/C25H32N2O4S2/c1-15-6-5-7-16(12-15)22(28)27-24-21(23(29)26-18-10-11-33(30,31)14-18)19-9-8-17(25(2,3)4)13-20(19)32-24/h5-7,12,17-18H,8-11,13-14H2,1-4H3,(H,26,29)(H,27,28). The van der Waals surface area contributed by atoms with Crippen LogP contribution < -0.4 is 10.6 Å². The van der Waals surface area contributed by atoms with E-state index in [-0.39, 0.29) is 34.8 Å². The van der Waals surface area contributed by atoms with E-state index < -0.39 is 9.84 Å². The van der Waals surface area contributed by atoms with E-state index in [9.17, 15) is 18.0 Å². The van der Waals surface area contributed by atoms with Gasteiger partial charge in [-0.2, -0.15) is 0 Å².